The molecule has 1 aromatic heterocycles. The van der Waals surface area contributed by atoms with Crippen molar-refractivity contribution >= 4 is 16.8 Å². The zero-order valence-corrected chi connectivity index (χ0v) is 15.4. The van der Waals surface area contributed by atoms with Crippen LogP contribution >= 0.6 is 0 Å². The van der Waals surface area contributed by atoms with E-state index in [1.165, 1.54) is 5.56 Å². The third kappa shape index (κ3) is 3.15. The summed E-state index contributed by atoms with van der Waals surface area (Å²) in [4.78, 5) is 28.0. The quantitative estimate of drug-likeness (QED) is 0.900. The number of carbonyl (C=O) groups excluding carboxylic acids is 1. The largest absolute Gasteiger partial charge is 0.379 e. The van der Waals surface area contributed by atoms with Crippen LogP contribution in [0.1, 0.15) is 29.8 Å². The molecule has 138 valence electrons. The summed E-state index contributed by atoms with van der Waals surface area (Å²) < 4.78 is 7.42. The Morgan fingerprint density at radius 2 is 2.00 bits per heavy atom. The van der Waals surface area contributed by atoms with Crippen molar-refractivity contribution in [3.63, 3.8) is 0 Å². The van der Waals surface area contributed by atoms with E-state index in [9.17, 15) is 9.59 Å². The number of hydrogen-bond acceptors (Lipinski definition) is 4. The van der Waals surface area contributed by atoms with Gasteiger partial charge in [-0.2, -0.15) is 0 Å². The smallest absolute Gasteiger partial charge is 0.257 e. The molecule has 1 aromatic carbocycles. The number of amides is 1. The number of aryl methyl sites for hydroxylation is 2. The molecule has 1 fully saturated rings. The van der Waals surface area contributed by atoms with Crippen molar-refractivity contribution in [2.45, 2.75) is 32.4 Å². The second kappa shape index (κ2) is 6.52. The van der Waals surface area contributed by atoms with Gasteiger partial charge in [0, 0.05) is 43.3 Å². The molecule has 26 heavy (non-hydrogen) atoms. The van der Waals surface area contributed by atoms with Gasteiger partial charge in [0.25, 0.3) is 5.91 Å². The lowest BCUT2D eigenvalue weighted by Crippen LogP contribution is -2.54. The zero-order chi connectivity index (χ0) is 18.3. The van der Waals surface area contributed by atoms with Crippen molar-refractivity contribution < 1.29 is 9.53 Å². The summed E-state index contributed by atoms with van der Waals surface area (Å²) in [7, 11) is 0. The molecule has 6 heteroatoms. The summed E-state index contributed by atoms with van der Waals surface area (Å²) in [6.45, 7) is 8.72. The average molecular weight is 355 g/mol. The van der Waals surface area contributed by atoms with Crippen molar-refractivity contribution in [3.8, 4) is 0 Å². The van der Waals surface area contributed by atoms with Crippen LogP contribution in [0.15, 0.2) is 29.2 Å². The molecule has 1 N–H and O–H groups in total. The standard InChI is InChI=1S/C20H25N3O3/c1-20(2,13-22-8-10-26-11-9-22)21-19(25)16-12-23-7-6-14-4-3-5-15(17(14)23)18(16)24/h3-5,12H,6-11,13H2,1-2H3,(H,21,25). The minimum atomic E-state index is -0.428. The summed E-state index contributed by atoms with van der Waals surface area (Å²) in [5, 5.41) is 3.70. The van der Waals surface area contributed by atoms with E-state index in [0.29, 0.717) is 5.39 Å². The van der Waals surface area contributed by atoms with Crippen LogP contribution in [-0.2, 0) is 17.7 Å². The first-order valence-corrected chi connectivity index (χ1v) is 9.22. The van der Waals surface area contributed by atoms with E-state index in [2.05, 4.69) is 16.3 Å². The average Bonchev–Trinajstić information content (AvgIpc) is 3.02. The lowest BCUT2D eigenvalue weighted by atomic mass is 10.0. The summed E-state index contributed by atoms with van der Waals surface area (Å²) in [5.41, 5.74) is 1.77. The van der Waals surface area contributed by atoms with Crippen LogP contribution in [0.5, 0.6) is 0 Å². The predicted octanol–water partition coefficient (Wildman–Crippen LogP) is 1.40. The Bertz CT molecular complexity index is 910. The van der Waals surface area contributed by atoms with Gasteiger partial charge in [-0.1, -0.05) is 12.1 Å². The van der Waals surface area contributed by atoms with Gasteiger partial charge in [-0.25, -0.2) is 0 Å². The molecule has 2 aliphatic rings. The van der Waals surface area contributed by atoms with Gasteiger partial charge in [-0.05, 0) is 31.9 Å². The van der Waals surface area contributed by atoms with Gasteiger partial charge in [-0.15, -0.1) is 0 Å². The fourth-order valence-electron chi connectivity index (χ4n) is 4.05. The monoisotopic (exact) mass is 355 g/mol. The van der Waals surface area contributed by atoms with E-state index in [1.54, 1.807) is 6.20 Å². The van der Waals surface area contributed by atoms with Crippen molar-refractivity contribution in [1.29, 1.82) is 0 Å². The van der Waals surface area contributed by atoms with Gasteiger partial charge in [0.1, 0.15) is 5.56 Å². The molecule has 0 bridgehead atoms. The Morgan fingerprint density at radius 3 is 2.77 bits per heavy atom. The number of pyridine rings is 1. The van der Waals surface area contributed by atoms with E-state index in [1.807, 2.05) is 30.5 Å². The van der Waals surface area contributed by atoms with Gasteiger partial charge in [0.05, 0.1) is 18.7 Å². The van der Waals surface area contributed by atoms with Crippen molar-refractivity contribution in [2.24, 2.45) is 0 Å². The van der Waals surface area contributed by atoms with E-state index >= 15 is 0 Å². The topological polar surface area (TPSA) is 63.6 Å². The summed E-state index contributed by atoms with van der Waals surface area (Å²) in [6, 6.07) is 5.77. The third-order valence-corrected chi connectivity index (χ3v) is 5.22. The maximum absolute atomic E-state index is 12.9. The number of benzene rings is 1. The zero-order valence-electron chi connectivity index (χ0n) is 15.4. The first-order chi connectivity index (χ1) is 12.4. The molecule has 1 amide bonds. The molecule has 0 saturated carbocycles. The van der Waals surface area contributed by atoms with Gasteiger partial charge in [-0.3, -0.25) is 14.5 Å². The van der Waals surface area contributed by atoms with Crippen LogP contribution in [0.3, 0.4) is 0 Å². The Balaban J connectivity index is 1.59. The van der Waals surface area contributed by atoms with E-state index in [4.69, 9.17) is 4.74 Å². The molecule has 0 atom stereocenters. The Labute approximate surface area is 152 Å². The molecular formula is C20H25N3O3. The van der Waals surface area contributed by atoms with Gasteiger partial charge in [0.15, 0.2) is 0 Å². The molecule has 2 aromatic rings. The molecule has 2 aliphatic heterocycles. The number of carbonyl (C=O) groups is 1. The number of rotatable bonds is 4. The van der Waals surface area contributed by atoms with Crippen LogP contribution < -0.4 is 10.7 Å². The Kier molecular flexibility index (Phi) is 4.32. The van der Waals surface area contributed by atoms with Crippen LogP contribution in [0.2, 0.25) is 0 Å². The number of nitrogens with zero attached hydrogens (tertiary/aromatic N) is 2. The van der Waals surface area contributed by atoms with Crippen LogP contribution in [-0.4, -0.2) is 53.8 Å². The second-order valence-electron chi connectivity index (χ2n) is 7.86. The number of para-hydroxylation sites is 1. The van der Waals surface area contributed by atoms with Crippen molar-refractivity contribution in [1.82, 2.24) is 14.8 Å². The highest BCUT2D eigenvalue weighted by Crippen LogP contribution is 2.24. The van der Waals surface area contributed by atoms with Crippen LogP contribution in [0.4, 0.5) is 0 Å². The summed E-state index contributed by atoms with van der Waals surface area (Å²) in [6.07, 6.45) is 2.63. The molecule has 4 rings (SSSR count). The highest BCUT2D eigenvalue weighted by Gasteiger charge is 2.27. The molecule has 3 heterocycles. The molecule has 0 unspecified atom stereocenters. The number of aromatic nitrogens is 1. The number of hydrogen-bond donors (Lipinski definition) is 1. The molecule has 6 nitrogen and oxygen atoms in total. The summed E-state index contributed by atoms with van der Waals surface area (Å²) >= 11 is 0. The van der Waals surface area contributed by atoms with Crippen LogP contribution in [0.25, 0.3) is 10.9 Å². The van der Waals surface area contributed by atoms with E-state index < -0.39 is 5.54 Å². The van der Waals surface area contributed by atoms with Crippen molar-refractivity contribution in [3.05, 3.63) is 45.7 Å². The lowest BCUT2D eigenvalue weighted by Gasteiger charge is -2.35. The number of nitrogens with one attached hydrogen (secondary N) is 1. The summed E-state index contributed by atoms with van der Waals surface area (Å²) in [5.74, 6) is -0.295. The second-order valence-corrected chi connectivity index (χ2v) is 7.86. The maximum atomic E-state index is 12.9. The first kappa shape index (κ1) is 17.2. The SMILES string of the molecule is CC(C)(CN1CCOCC1)NC(=O)c1cn2c3c(cccc3c1=O)CC2. The first-order valence-electron chi connectivity index (χ1n) is 9.22. The number of morpholine rings is 1. The highest BCUT2D eigenvalue weighted by molar-refractivity contribution is 5.98. The molecule has 0 spiro atoms. The van der Waals surface area contributed by atoms with E-state index in [-0.39, 0.29) is 16.9 Å². The van der Waals surface area contributed by atoms with Gasteiger partial charge >= 0.3 is 0 Å². The minimum absolute atomic E-state index is 0.181. The molecule has 1 saturated heterocycles. The highest BCUT2D eigenvalue weighted by atomic mass is 16.5. The fraction of sp³-hybridized carbons (Fsp3) is 0.500. The number of ether oxygens (including phenoxy) is 1. The normalized spacial score (nSPS) is 17.6. The molecule has 0 radical (unpaired) electrons. The van der Waals surface area contributed by atoms with Crippen molar-refractivity contribution in [2.75, 3.05) is 32.8 Å². The van der Waals surface area contributed by atoms with Gasteiger partial charge < -0.3 is 14.6 Å². The van der Waals surface area contributed by atoms with E-state index in [0.717, 1.165) is 51.3 Å². The third-order valence-electron chi connectivity index (χ3n) is 5.22. The predicted molar refractivity (Wildman–Crippen MR) is 101 cm³/mol. The fourth-order valence-corrected chi connectivity index (χ4v) is 4.05. The lowest BCUT2D eigenvalue weighted by molar-refractivity contribution is 0.0269. The molecular weight excluding hydrogens is 330 g/mol. The van der Waals surface area contributed by atoms with Gasteiger partial charge in [0.2, 0.25) is 5.43 Å². The molecule has 0 aliphatic carbocycles. The van der Waals surface area contributed by atoms with Crippen LogP contribution in [0, 0.1) is 0 Å². The Morgan fingerprint density at radius 1 is 1.23 bits per heavy atom. The Hall–Kier alpha value is -2.18. The maximum Gasteiger partial charge on any atom is 0.257 e. The minimum Gasteiger partial charge on any atom is -0.379 e.